The van der Waals surface area contributed by atoms with E-state index >= 15 is 0 Å². The molecule has 104 valence electrons. The van der Waals surface area contributed by atoms with E-state index in [-0.39, 0.29) is 6.61 Å². The smallest absolute Gasteiger partial charge is 0.341 e. The lowest BCUT2D eigenvalue weighted by molar-refractivity contribution is 0.0524. The fourth-order valence-corrected chi connectivity index (χ4v) is 1.94. The summed E-state index contributed by atoms with van der Waals surface area (Å²) in [6.07, 6.45) is 3.70. The summed E-state index contributed by atoms with van der Waals surface area (Å²) in [5, 5.41) is 9.09. The number of rotatable bonds is 6. The van der Waals surface area contributed by atoms with Crippen LogP contribution in [-0.2, 0) is 4.74 Å². The molecule has 1 aliphatic carbocycles. The molecule has 0 spiro atoms. The number of aromatic nitrogens is 2. The number of hydrogen-bond acceptors (Lipinski definition) is 6. The van der Waals surface area contributed by atoms with Gasteiger partial charge in [-0.3, -0.25) is 0 Å². The highest BCUT2D eigenvalue weighted by Crippen LogP contribution is 2.29. The van der Waals surface area contributed by atoms with Crippen LogP contribution >= 0.6 is 0 Å². The van der Waals surface area contributed by atoms with Crippen LogP contribution in [0.15, 0.2) is 6.20 Å². The molecule has 0 atom stereocenters. The lowest BCUT2D eigenvalue weighted by atomic mass is 10.2. The first-order valence-electron chi connectivity index (χ1n) is 6.55. The lowest BCUT2D eigenvalue weighted by Crippen LogP contribution is -2.31. The van der Waals surface area contributed by atoms with Crippen LogP contribution in [0.25, 0.3) is 0 Å². The lowest BCUT2D eigenvalue weighted by Gasteiger charge is -2.21. The third-order valence-corrected chi connectivity index (χ3v) is 3.05. The molecule has 0 unspecified atom stereocenters. The predicted molar refractivity (Wildman–Crippen MR) is 70.2 cm³/mol. The topological polar surface area (TPSA) is 75.5 Å². The number of carbonyl (C=O) groups excluding carboxylic acids is 1. The summed E-state index contributed by atoms with van der Waals surface area (Å²) in [5.74, 6) is 0.175. The van der Waals surface area contributed by atoms with Crippen LogP contribution < -0.4 is 4.90 Å². The normalized spacial score (nSPS) is 14.3. The average molecular weight is 265 g/mol. The maximum atomic E-state index is 11.7. The van der Waals surface area contributed by atoms with Gasteiger partial charge in [0.25, 0.3) is 0 Å². The van der Waals surface area contributed by atoms with Gasteiger partial charge in [0, 0.05) is 18.8 Å². The minimum absolute atomic E-state index is 0.0680. The fraction of sp³-hybridized carbons (Fsp3) is 0.615. The molecule has 0 radical (unpaired) electrons. The van der Waals surface area contributed by atoms with Crippen LogP contribution in [0.1, 0.15) is 35.8 Å². The van der Waals surface area contributed by atoms with Crippen molar-refractivity contribution in [2.24, 2.45) is 0 Å². The molecular weight excluding hydrogens is 246 g/mol. The van der Waals surface area contributed by atoms with Gasteiger partial charge in [0.15, 0.2) is 0 Å². The number of anilines is 1. The Morgan fingerprint density at radius 3 is 2.84 bits per heavy atom. The quantitative estimate of drug-likeness (QED) is 0.771. The van der Waals surface area contributed by atoms with E-state index in [9.17, 15) is 4.79 Å². The van der Waals surface area contributed by atoms with E-state index < -0.39 is 5.97 Å². The summed E-state index contributed by atoms with van der Waals surface area (Å²) < 4.78 is 4.94. The number of aliphatic hydroxyl groups is 1. The summed E-state index contributed by atoms with van der Waals surface area (Å²) in [4.78, 5) is 22.2. The number of aliphatic hydroxyl groups excluding tert-OH is 1. The number of carbonyl (C=O) groups is 1. The van der Waals surface area contributed by atoms with Gasteiger partial charge >= 0.3 is 5.97 Å². The Kier molecular flexibility index (Phi) is 4.31. The standard InChI is InChI=1S/C13H19N3O3/c1-3-19-12(18)11-8-14-13(15-9(11)2)16(6-7-17)10-4-5-10/h8,10,17H,3-7H2,1-2H3. The van der Waals surface area contributed by atoms with Crippen molar-refractivity contribution in [3.05, 3.63) is 17.5 Å². The molecule has 1 aromatic heterocycles. The Labute approximate surface area is 112 Å². The second-order valence-corrected chi connectivity index (χ2v) is 4.54. The Bertz CT molecular complexity index is 460. The van der Waals surface area contributed by atoms with Crippen LogP contribution in [0.2, 0.25) is 0 Å². The first-order valence-corrected chi connectivity index (χ1v) is 6.55. The van der Waals surface area contributed by atoms with E-state index in [0.29, 0.717) is 36.4 Å². The van der Waals surface area contributed by atoms with Crippen molar-refractivity contribution in [3.8, 4) is 0 Å². The molecule has 19 heavy (non-hydrogen) atoms. The molecule has 0 bridgehead atoms. The zero-order valence-corrected chi connectivity index (χ0v) is 11.3. The predicted octanol–water partition coefficient (Wildman–Crippen LogP) is 0.923. The third kappa shape index (κ3) is 3.20. The fourth-order valence-electron chi connectivity index (χ4n) is 1.94. The summed E-state index contributed by atoms with van der Waals surface area (Å²) in [6.45, 7) is 4.44. The van der Waals surface area contributed by atoms with Gasteiger partial charge in [-0.2, -0.15) is 0 Å². The van der Waals surface area contributed by atoms with Crippen LogP contribution in [0.4, 0.5) is 5.95 Å². The summed E-state index contributed by atoms with van der Waals surface area (Å²) in [5.41, 5.74) is 0.998. The van der Waals surface area contributed by atoms with Gasteiger partial charge in [-0.05, 0) is 26.7 Å². The maximum absolute atomic E-state index is 11.7. The van der Waals surface area contributed by atoms with Crippen LogP contribution in [0.5, 0.6) is 0 Å². The summed E-state index contributed by atoms with van der Waals surface area (Å²) in [7, 11) is 0. The zero-order chi connectivity index (χ0) is 13.8. The Balaban J connectivity index is 2.19. The minimum Gasteiger partial charge on any atom is -0.462 e. The highest BCUT2D eigenvalue weighted by molar-refractivity contribution is 5.90. The second-order valence-electron chi connectivity index (χ2n) is 4.54. The molecule has 0 aliphatic heterocycles. The summed E-state index contributed by atoms with van der Waals surface area (Å²) in [6, 6.07) is 0.417. The molecular formula is C13H19N3O3. The molecule has 1 aromatic rings. The first kappa shape index (κ1) is 13.7. The van der Waals surface area contributed by atoms with Gasteiger partial charge in [0.2, 0.25) is 5.95 Å². The molecule has 1 heterocycles. The van der Waals surface area contributed by atoms with Gasteiger partial charge in [-0.25, -0.2) is 14.8 Å². The monoisotopic (exact) mass is 265 g/mol. The molecule has 1 fully saturated rings. The van der Waals surface area contributed by atoms with E-state index in [0.717, 1.165) is 12.8 Å². The van der Waals surface area contributed by atoms with Crippen LogP contribution in [-0.4, -0.2) is 46.8 Å². The van der Waals surface area contributed by atoms with Gasteiger partial charge in [-0.15, -0.1) is 0 Å². The summed E-state index contributed by atoms with van der Waals surface area (Å²) >= 11 is 0. The van der Waals surface area contributed by atoms with Crippen LogP contribution in [0.3, 0.4) is 0 Å². The Morgan fingerprint density at radius 2 is 2.32 bits per heavy atom. The first-order chi connectivity index (χ1) is 9.17. The molecule has 1 aliphatic rings. The highest BCUT2D eigenvalue weighted by atomic mass is 16.5. The van der Waals surface area contributed by atoms with Crippen molar-refractivity contribution >= 4 is 11.9 Å². The van der Waals surface area contributed by atoms with Gasteiger partial charge in [0.1, 0.15) is 0 Å². The van der Waals surface area contributed by atoms with E-state index in [4.69, 9.17) is 9.84 Å². The molecule has 0 amide bonds. The molecule has 6 heteroatoms. The van der Waals surface area contributed by atoms with Crippen molar-refractivity contribution in [2.45, 2.75) is 32.7 Å². The number of aryl methyl sites for hydroxylation is 1. The van der Waals surface area contributed by atoms with E-state index in [1.165, 1.54) is 6.20 Å². The second kappa shape index (κ2) is 5.97. The molecule has 1 N–H and O–H groups in total. The van der Waals surface area contributed by atoms with E-state index in [1.54, 1.807) is 13.8 Å². The minimum atomic E-state index is -0.397. The number of hydrogen-bond donors (Lipinski definition) is 1. The maximum Gasteiger partial charge on any atom is 0.341 e. The molecule has 0 aromatic carbocycles. The molecule has 1 saturated carbocycles. The number of esters is 1. The van der Waals surface area contributed by atoms with Crippen molar-refractivity contribution in [1.82, 2.24) is 9.97 Å². The van der Waals surface area contributed by atoms with Gasteiger partial charge < -0.3 is 14.7 Å². The average Bonchev–Trinajstić information content (AvgIpc) is 3.20. The van der Waals surface area contributed by atoms with Gasteiger partial charge in [0.05, 0.1) is 24.5 Å². The van der Waals surface area contributed by atoms with Crippen LogP contribution in [0, 0.1) is 6.92 Å². The molecule has 0 saturated heterocycles. The van der Waals surface area contributed by atoms with Crippen molar-refractivity contribution in [3.63, 3.8) is 0 Å². The van der Waals surface area contributed by atoms with E-state index in [2.05, 4.69) is 9.97 Å². The largest absolute Gasteiger partial charge is 0.462 e. The SMILES string of the molecule is CCOC(=O)c1cnc(N(CCO)C2CC2)nc1C. The Hall–Kier alpha value is -1.69. The highest BCUT2D eigenvalue weighted by Gasteiger charge is 2.30. The van der Waals surface area contributed by atoms with Crippen molar-refractivity contribution in [1.29, 1.82) is 0 Å². The number of ether oxygens (including phenoxy) is 1. The molecule has 2 rings (SSSR count). The van der Waals surface area contributed by atoms with Gasteiger partial charge in [-0.1, -0.05) is 0 Å². The van der Waals surface area contributed by atoms with Crippen molar-refractivity contribution < 1.29 is 14.6 Å². The van der Waals surface area contributed by atoms with E-state index in [1.807, 2.05) is 4.90 Å². The zero-order valence-electron chi connectivity index (χ0n) is 11.3. The van der Waals surface area contributed by atoms with Crippen molar-refractivity contribution in [2.75, 3.05) is 24.7 Å². The Morgan fingerprint density at radius 1 is 1.58 bits per heavy atom. The number of nitrogens with zero attached hydrogens (tertiary/aromatic N) is 3. The molecule has 6 nitrogen and oxygen atoms in total. The third-order valence-electron chi connectivity index (χ3n) is 3.05.